The minimum absolute atomic E-state index is 0.232. The highest BCUT2D eigenvalue weighted by molar-refractivity contribution is 7.18. The molecule has 1 aromatic carbocycles. The summed E-state index contributed by atoms with van der Waals surface area (Å²) in [4.78, 5) is 8.97. The summed E-state index contributed by atoms with van der Waals surface area (Å²) in [7, 11) is 1.99. The average molecular weight is 283 g/mol. The van der Waals surface area contributed by atoms with E-state index in [4.69, 9.17) is 4.98 Å². The number of hydrogen-bond donors (Lipinski definition) is 1. The molecule has 4 heteroatoms. The minimum atomic E-state index is 0.232. The lowest BCUT2D eigenvalue weighted by Gasteiger charge is -2.14. The lowest BCUT2D eigenvalue weighted by Crippen LogP contribution is -2.19. The smallest absolute Gasteiger partial charge is 0.111 e. The molecule has 0 amide bonds. The van der Waals surface area contributed by atoms with Gasteiger partial charge < -0.3 is 5.32 Å². The maximum Gasteiger partial charge on any atom is 0.111 e. The second kappa shape index (κ2) is 5.69. The predicted molar refractivity (Wildman–Crippen MR) is 84.1 cm³/mol. The van der Waals surface area contributed by atoms with E-state index in [0.717, 1.165) is 16.9 Å². The molecule has 0 fully saturated rings. The predicted octanol–water partition coefficient (Wildman–Crippen LogP) is 3.50. The van der Waals surface area contributed by atoms with Gasteiger partial charge >= 0.3 is 0 Å². The first-order valence-corrected chi connectivity index (χ1v) is 7.52. The van der Waals surface area contributed by atoms with Gasteiger partial charge in [-0.3, -0.25) is 4.98 Å². The number of likely N-dealkylation sites (N-methyl/N-ethyl adjacent to an activating group) is 1. The summed E-state index contributed by atoms with van der Waals surface area (Å²) in [6, 6.07) is 10.6. The van der Waals surface area contributed by atoms with Crippen LogP contribution in [0.5, 0.6) is 0 Å². The van der Waals surface area contributed by atoms with Crippen LogP contribution < -0.4 is 5.32 Å². The van der Waals surface area contributed by atoms with Gasteiger partial charge in [0.05, 0.1) is 16.3 Å². The first-order valence-electron chi connectivity index (χ1n) is 6.70. The van der Waals surface area contributed by atoms with E-state index in [2.05, 4.69) is 41.5 Å². The van der Waals surface area contributed by atoms with Gasteiger partial charge in [-0.25, -0.2) is 4.98 Å². The van der Waals surface area contributed by atoms with Gasteiger partial charge in [0.1, 0.15) is 5.01 Å². The number of benzene rings is 1. The quantitative estimate of drug-likeness (QED) is 0.796. The zero-order valence-corrected chi connectivity index (χ0v) is 12.4. The van der Waals surface area contributed by atoms with E-state index in [1.54, 1.807) is 11.3 Å². The monoisotopic (exact) mass is 283 g/mol. The van der Waals surface area contributed by atoms with E-state index in [1.165, 1.54) is 15.8 Å². The molecule has 2 aromatic heterocycles. The third-order valence-corrected chi connectivity index (χ3v) is 4.68. The van der Waals surface area contributed by atoms with Crippen molar-refractivity contribution in [2.45, 2.75) is 19.4 Å². The molecule has 1 N–H and O–H groups in total. The Bertz CT molecular complexity index is 687. The van der Waals surface area contributed by atoms with Gasteiger partial charge in [0, 0.05) is 12.4 Å². The summed E-state index contributed by atoms with van der Waals surface area (Å²) in [5, 5.41) is 4.51. The Labute approximate surface area is 122 Å². The lowest BCUT2D eigenvalue weighted by atomic mass is 10.0. The molecular weight excluding hydrogens is 266 g/mol. The van der Waals surface area contributed by atoms with Crippen LogP contribution >= 0.6 is 11.3 Å². The molecule has 0 saturated carbocycles. The summed E-state index contributed by atoms with van der Waals surface area (Å²) in [6.45, 7) is 2.13. The van der Waals surface area contributed by atoms with E-state index in [-0.39, 0.29) is 6.04 Å². The van der Waals surface area contributed by atoms with Crippen LogP contribution in [0.1, 0.15) is 22.2 Å². The van der Waals surface area contributed by atoms with Crippen LogP contribution in [0.25, 0.3) is 10.2 Å². The van der Waals surface area contributed by atoms with Gasteiger partial charge in [-0.2, -0.15) is 0 Å². The summed E-state index contributed by atoms with van der Waals surface area (Å²) in [6.07, 6.45) is 4.70. The minimum Gasteiger partial charge on any atom is -0.311 e. The van der Waals surface area contributed by atoms with Crippen LogP contribution in [-0.4, -0.2) is 17.0 Å². The first kappa shape index (κ1) is 13.2. The van der Waals surface area contributed by atoms with Crippen molar-refractivity contribution in [3.8, 4) is 0 Å². The van der Waals surface area contributed by atoms with Crippen molar-refractivity contribution in [1.82, 2.24) is 15.3 Å². The summed E-state index contributed by atoms with van der Waals surface area (Å²) < 4.78 is 1.24. The molecule has 0 radical (unpaired) electrons. The second-order valence-corrected chi connectivity index (χ2v) is 5.93. The summed E-state index contributed by atoms with van der Waals surface area (Å²) in [5.74, 6) is 0. The number of aryl methyl sites for hydroxylation is 1. The SMILES string of the molecule is CNC(Cc1cnccc1C)c1nc2ccccc2s1. The number of rotatable bonds is 4. The van der Waals surface area contributed by atoms with Gasteiger partial charge in [0.25, 0.3) is 0 Å². The van der Waals surface area contributed by atoms with Crippen molar-refractivity contribution in [2.24, 2.45) is 0 Å². The molecule has 102 valence electrons. The first-order chi connectivity index (χ1) is 9.78. The molecule has 0 aliphatic heterocycles. The molecule has 1 unspecified atom stereocenters. The Morgan fingerprint density at radius 3 is 2.85 bits per heavy atom. The van der Waals surface area contributed by atoms with Crippen LogP contribution in [0.15, 0.2) is 42.7 Å². The Morgan fingerprint density at radius 2 is 2.10 bits per heavy atom. The number of fused-ring (bicyclic) bond motifs is 1. The number of nitrogens with one attached hydrogen (secondary N) is 1. The molecule has 0 aliphatic rings. The Balaban J connectivity index is 1.91. The van der Waals surface area contributed by atoms with Crippen molar-refractivity contribution in [1.29, 1.82) is 0 Å². The van der Waals surface area contributed by atoms with Crippen LogP contribution in [0.3, 0.4) is 0 Å². The van der Waals surface area contributed by atoms with Gasteiger partial charge in [-0.15, -0.1) is 11.3 Å². The molecule has 0 saturated heterocycles. The second-order valence-electron chi connectivity index (χ2n) is 4.87. The van der Waals surface area contributed by atoms with Crippen LogP contribution in [0, 0.1) is 6.92 Å². The summed E-state index contributed by atoms with van der Waals surface area (Å²) in [5.41, 5.74) is 3.63. The number of para-hydroxylation sites is 1. The highest BCUT2D eigenvalue weighted by Gasteiger charge is 2.16. The third kappa shape index (κ3) is 2.57. The highest BCUT2D eigenvalue weighted by Crippen LogP contribution is 2.28. The molecule has 0 spiro atoms. The largest absolute Gasteiger partial charge is 0.311 e. The fourth-order valence-corrected chi connectivity index (χ4v) is 3.36. The Hall–Kier alpha value is -1.78. The molecule has 3 aromatic rings. The maximum absolute atomic E-state index is 4.75. The van der Waals surface area contributed by atoms with Crippen molar-refractivity contribution in [2.75, 3.05) is 7.05 Å². The average Bonchev–Trinajstić information content (AvgIpc) is 2.90. The normalized spacial score (nSPS) is 12.7. The standard InChI is InChI=1S/C16H17N3S/c1-11-7-8-18-10-12(11)9-14(17-2)16-19-13-5-3-4-6-15(13)20-16/h3-8,10,14,17H,9H2,1-2H3. The fourth-order valence-electron chi connectivity index (χ4n) is 2.28. The van der Waals surface area contributed by atoms with Gasteiger partial charge in [-0.1, -0.05) is 12.1 Å². The van der Waals surface area contributed by atoms with Crippen molar-refractivity contribution >= 4 is 21.6 Å². The zero-order valence-electron chi connectivity index (χ0n) is 11.6. The maximum atomic E-state index is 4.75. The van der Waals surface area contributed by atoms with Crippen LogP contribution in [0.4, 0.5) is 0 Å². The van der Waals surface area contributed by atoms with E-state index in [1.807, 2.05) is 25.5 Å². The zero-order chi connectivity index (χ0) is 13.9. The van der Waals surface area contributed by atoms with E-state index in [0.29, 0.717) is 0 Å². The fraction of sp³-hybridized carbons (Fsp3) is 0.250. The molecule has 20 heavy (non-hydrogen) atoms. The highest BCUT2D eigenvalue weighted by atomic mass is 32.1. The van der Waals surface area contributed by atoms with Crippen molar-refractivity contribution in [3.63, 3.8) is 0 Å². The molecule has 0 bridgehead atoms. The molecule has 3 rings (SSSR count). The number of thiazole rings is 1. The Morgan fingerprint density at radius 1 is 1.25 bits per heavy atom. The van der Waals surface area contributed by atoms with Crippen molar-refractivity contribution < 1.29 is 0 Å². The Kier molecular flexibility index (Phi) is 3.76. The number of pyridine rings is 1. The van der Waals surface area contributed by atoms with Gasteiger partial charge in [0.2, 0.25) is 0 Å². The van der Waals surface area contributed by atoms with Crippen LogP contribution in [-0.2, 0) is 6.42 Å². The lowest BCUT2D eigenvalue weighted by molar-refractivity contribution is 0.587. The molecule has 0 aliphatic carbocycles. The summed E-state index contributed by atoms with van der Waals surface area (Å²) >= 11 is 1.76. The van der Waals surface area contributed by atoms with E-state index in [9.17, 15) is 0 Å². The molecular formula is C16H17N3S. The number of nitrogens with zero attached hydrogens (tertiary/aromatic N) is 2. The van der Waals surface area contributed by atoms with E-state index < -0.39 is 0 Å². The molecule has 1 atom stereocenters. The van der Waals surface area contributed by atoms with Gasteiger partial charge in [-0.05, 0) is 49.7 Å². The number of aromatic nitrogens is 2. The number of hydrogen-bond acceptors (Lipinski definition) is 4. The van der Waals surface area contributed by atoms with Crippen molar-refractivity contribution in [3.05, 3.63) is 58.9 Å². The van der Waals surface area contributed by atoms with Gasteiger partial charge in [0.15, 0.2) is 0 Å². The topological polar surface area (TPSA) is 37.8 Å². The third-order valence-electron chi connectivity index (χ3n) is 3.53. The van der Waals surface area contributed by atoms with Crippen LogP contribution in [0.2, 0.25) is 0 Å². The van der Waals surface area contributed by atoms with E-state index >= 15 is 0 Å². The molecule has 3 nitrogen and oxygen atoms in total. The molecule has 2 heterocycles.